The molecule has 0 spiro atoms. The van der Waals surface area contributed by atoms with Gasteiger partial charge in [-0.3, -0.25) is 33.8 Å². The van der Waals surface area contributed by atoms with Gasteiger partial charge in [-0.25, -0.2) is 9.59 Å². The number of halogens is 3. The second-order valence-corrected chi connectivity index (χ2v) is 14.4. The fourth-order valence-corrected chi connectivity index (χ4v) is 5.45. The number of rotatable bonds is 24. The van der Waals surface area contributed by atoms with E-state index in [4.69, 9.17) is 32.8 Å². The van der Waals surface area contributed by atoms with Crippen LogP contribution in [0.15, 0.2) is 65.7 Å². The van der Waals surface area contributed by atoms with Crippen LogP contribution in [0.5, 0.6) is 0 Å². The molecule has 0 bridgehead atoms. The highest BCUT2D eigenvalue weighted by Gasteiger charge is 2.38. The molecular weight excluding hydrogens is 841 g/mol. The minimum absolute atomic E-state index is 0.0173. The number of amides is 6. The lowest BCUT2D eigenvalue weighted by Crippen LogP contribution is -2.60. The first-order valence-electron chi connectivity index (χ1n) is 19.3. The number of hydrogen-bond donors (Lipinski definition) is 12. The molecule has 6 unspecified atom stereocenters. The summed E-state index contributed by atoms with van der Waals surface area (Å²) in [6, 6.07) is 9.41. The number of benzene rings is 2. The Morgan fingerprint density at radius 3 is 1.44 bits per heavy atom. The molecule has 24 heteroatoms. The zero-order valence-electron chi connectivity index (χ0n) is 34.5. The summed E-state index contributed by atoms with van der Waals surface area (Å²) < 4.78 is 31.7. The number of carboxylic acids is 2. The number of aliphatic imine (C=N–C) groups is 1. The number of primary amides is 1. The first-order valence-corrected chi connectivity index (χ1v) is 19.3. The van der Waals surface area contributed by atoms with Gasteiger partial charge in [0.15, 0.2) is 5.96 Å². The van der Waals surface area contributed by atoms with Gasteiger partial charge in [0.2, 0.25) is 35.4 Å². The number of aliphatic hydroxyl groups excluding tert-OH is 1. The molecule has 2 aromatic carbocycles. The third-order valence-electron chi connectivity index (χ3n) is 8.55. The van der Waals surface area contributed by atoms with Gasteiger partial charge in [0.1, 0.15) is 36.3 Å². The highest BCUT2D eigenvalue weighted by atomic mass is 19.4. The van der Waals surface area contributed by atoms with Gasteiger partial charge in [-0.05, 0) is 36.3 Å². The molecule has 0 fully saturated rings. The van der Waals surface area contributed by atoms with E-state index in [2.05, 4.69) is 31.6 Å². The van der Waals surface area contributed by atoms with Crippen molar-refractivity contribution >= 4 is 53.3 Å². The van der Waals surface area contributed by atoms with E-state index in [1.807, 2.05) is 0 Å². The van der Waals surface area contributed by atoms with Crippen molar-refractivity contribution in [3.8, 4) is 0 Å². The van der Waals surface area contributed by atoms with Crippen LogP contribution in [0.2, 0.25) is 0 Å². The minimum Gasteiger partial charge on any atom is -0.480 e. The average Bonchev–Trinajstić information content (AvgIpc) is 3.20. The second-order valence-electron chi connectivity index (χ2n) is 14.4. The van der Waals surface area contributed by atoms with E-state index in [0.717, 1.165) is 0 Å². The number of carbonyl (C=O) groups excluding carboxylic acids is 6. The first-order chi connectivity index (χ1) is 29.4. The van der Waals surface area contributed by atoms with E-state index in [-0.39, 0.29) is 50.5 Å². The predicted molar refractivity (Wildman–Crippen MR) is 220 cm³/mol. The normalized spacial score (nSPS) is 13.8. The molecule has 16 N–H and O–H groups in total. The molecule has 0 saturated carbocycles. The molecule has 0 aliphatic heterocycles. The highest BCUT2D eigenvalue weighted by molar-refractivity contribution is 5.97. The maximum atomic E-state index is 14.1. The molecule has 0 aliphatic rings. The Balaban J connectivity index is 0.00000260. The number of aliphatic hydroxyl groups is 1. The SMILES string of the molecule is CC(C)CC(NC(=O)C(Cc1ccccc1)NC(=O)C(Cc1ccccc1)NC(=O)C(N)CO)C(=O)NC(CCCN=C(N)N)C(=O)NC(CC(N)=O)C(=O)O.O=C(O)C(F)(F)F. The Kier molecular flexibility index (Phi) is 23.4. The smallest absolute Gasteiger partial charge is 0.480 e. The maximum Gasteiger partial charge on any atom is 0.490 e. The predicted octanol–water partition coefficient (Wildman–Crippen LogP) is -2.09. The zero-order chi connectivity index (χ0) is 47.9. The zero-order valence-corrected chi connectivity index (χ0v) is 34.5. The van der Waals surface area contributed by atoms with Crippen LogP contribution in [-0.2, 0) is 51.2 Å². The van der Waals surface area contributed by atoms with Gasteiger partial charge < -0.3 is 64.8 Å². The van der Waals surface area contributed by atoms with Crippen LogP contribution in [0.1, 0.15) is 50.7 Å². The lowest BCUT2D eigenvalue weighted by Gasteiger charge is -2.28. The number of carboxylic acid groups (broad SMARTS) is 2. The summed E-state index contributed by atoms with van der Waals surface area (Å²) in [4.78, 5) is 104. The van der Waals surface area contributed by atoms with Crippen molar-refractivity contribution in [3.05, 3.63) is 71.8 Å². The van der Waals surface area contributed by atoms with Gasteiger partial charge in [-0.15, -0.1) is 0 Å². The maximum absolute atomic E-state index is 14.1. The number of nitrogens with two attached hydrogens (primary N) is 4. The molecule has 0 aromatic heterocycles. The van der Waals surface area contributed by atoms with E-state index in [1.165, 1.54) is 0 Å². The highest BCUT2D eigenvalue weighted by Crippen LogP contribution is 2.14. The third kappa shape index (κ3) is 22.0. The topological polar surface area (TPSA) is 374 Å². The molecule has 2 rings (SSSR count). The monoisotopic (exact) mass is 896 g/mol. The number of guanidine groups is 1. The van der Waals surface area contributed by atoms with Crippen molar-refractivity contribution in [2.45, 2.75) is 94.8 Å². The minimum atomic E-state index is -5.08. The van der Waals surface area contributed by atoms with E-state index in [0.29, 0.717) is 11.1 Å². The molecule has 6 atom stereocenters. The van der Waals surface area contributed by atoms with Gasteiger partial charge in [-0.2, -0.15) is 13.2 Å². The Morgan fingerprint density at radius 2 is 1.05 bits per heavy atom. The van der Waals surface area contributed by atoms with E-state index in [9.17, 15) is 56.9 Å². The van der Waals surface area contributed by atoms with Crippen molar-refractivity contribution in [3.63, 3.8) is 0 Å². The Labute approximate surface area is 360 Å². The molecule has 2 aromatic rings. The first kappa shape index (κ1) is 54.2. The van der Waals surface area contributed by atoms with Crippen LogP contribution in [0, 0.1) is 5.92 Å². The van der Waals surface area contributed by atoms with Crippen LogP contribution >= 0.6 is 0 Å². The number of carbonyl (C=O) groups is 8. The summed E-state index contributed by atoms with van der Waals surface area (Å²) in [7, 11) is 0. The second kappa shape index (κ2) is 27.2. The number of nitrogens with zero attached hydrogens (tertiary/aromatic N) is 1. The van der Waals surface area contributed by atoms with Crippen LogP contribution in [0.4, 0.5) is 13.2 Å². The number of aliphatic carboxylic acids is 2. The Morgan fingerprint density at radius 1 is 0.651 bits per heavy atom. The molecule has 21 nitrogen and oxygen atoms in total. The van der Waals surface area contributed by atoms with Gasteiger partial charge in [0.25, 0.3) is 0 Å². The molecule has 6 amide bonds. The largest absolute Gasteiger partial charge is 0.490 e. The van der Waals surface area contributed by atoms with Gasteiger partial charge >= 0.3 is 18.1 Å². The Hall–Kier alpha value is -6.82. The number of hydrogen-bond acceptors (Lipinski definition) is 11. The van der Waals surface area contributed by atoms with Crippen molar-refractivity contribution in [2.24, 2.45) is 33.8 Å². The van der Waals surface area contributed by atoms with Crippen molar-refractivity contribution in [2.75, 3.05) is 13.2 Å². The fraction of sp³-hybridized carbons (Fsp3) is 0.462. The van der Waals surface area contributed by atoms with Crippen LogP contribution in [0.3, 0.4) is 0 Å². The average molecular weight is 897 g/mol. The molecule has 0 aliphatic carbocycles. The summed E-state index contributed by atoms with van der Waals surface area (Å²) in [6.07, 6.45) is -5.62. The number of nitrogens with one attached hydrogen (secondary N) is 5. The third-order valence-corrected chi connectivity index (χ3v) is 8.55. The summed E-state index contributed by atoms with van der Waals surface area (Å²) in [5.41, 5.74) is 23.0. The summed E-state index contributed by atoms with van der Waals surface area (Å²) in [6.45, 7) is 2.99. The van der Waals surface area contributed by atoms with Gasteiger partial charge in [0.05, 0.1) is 13.0 Å². The van der Waals surface area contributed by atoms with Crippen molar-refractivity contribution in [1.82, 2.24) is 26.6 Å². The van der Waals surface area contributed by atoms with Crippen LogP contribution in [-0.4, -0.2) is 124 Å². The van der Waals surface area contributed by atoms with Gasteiger partial charge in [-0.1, -0.05) is 74.5 Å². The lowest BCUT2D eigenvalue weighted by atomic mass is 9.99. The lowest BCUT2D eigenvalue weighted by molar-refractivity contribution is -0.192. The summed E-state index contributed by atoms with van der Waals surface area (Å²) >= 11 is 0. The molecule has 348 valence electrons. The van der Waals surface area contributed by atoms with Crippen molar-refractivity contribution < 1.29 is 66.8 Å². The molecule has 0 saturated heterocycles. The quantitative estimate of drug-likeness (QED) is 0.0306. The van der Waals surface area contributed by atoms with Crippen LogP contribution < -0.4 is 49.5 Å². The molecule has 0 heterocycles. The fourth-order valence-electron chi connectivity index (χ4n) is 5.45. The van der Waals surface area contributed by atoms with E-state index < -0.39 is 103 Å². The van der Waals surface area contributed by atoms with Crippen LogP contribution in [0.25, 0.3) is 0 Å². The van der Waals surface area contributed by atoms with Crippen molar-refractivity contribution in [1.29, 1.82) is 0 Å². The number of alkyl halides is 3. The van der Waals surface area contributed by atoms with E-state index >= 15 is 0 Å². The standard InChI is InChI=1S/C37H54N10O9.C2HF3O2/c1-21(2)16-26(33(52)43-25(14-9-15-42-37(40)41)32(51)47-29(36(55)56)19-30(39)49)45-35(54)28(18-23-12-7-4-8-13-23)46-34(53)27(44-31(50)24(38)20-48)17-22-10-5-3-6-11-22;3-2(4,5)1(6)7/h3-8,10-13,21,24-29,48H,9,14-20,38H2,1-2H3,(H2,39,49)(H,43,52)(H,44,50)(H,45,54)(H,46,53)(H,47,51)(H,55,56)(H4,40,41,42);(H,6,7). The summed E-state index contributed by atoms with van der Waals surface area (Å²) in [5.74, 6) is -9.67. The van der Waals surface area contributed by atoms with E-state index in [1.54, 1.807) is 74.5 Å². The summed E-state index contributed by atoms with van der Waals surface area (Å²) in [5, 5.41) is 38.8. The van der Waals surface area contributed by atoms with Gasteiger partial charge in [0, 0.05) is 19.4 Å². The Bertz CT molecular complexity index is 1870. The molecule has 0 radical (unpaired) electrons. The molecule has 63 heavy (non-hydrogen) atoms. The molecular formula is C39H55F3N10O11.